The van der Waals surface area contributed by atoms with E-state index in [4.69, 9.17) is 9.84 Å². The molecule has 0 heterocycles. The third-order valence-corrected chi connectivity index (χ3v) is 3.27. The Labute approximate surface area is 136 Å². The number of aliphatic hydroxyl groups excluding tert-OH is 1. The first-order chi connectivity index (χ1) is 11.2. The second-order valence-corrected chi connectivity index (χ2v) is 5.21. The van der Waals surface area contributed by atoms with Gasteiger partial charge in [-0.25, -0.2) is 0 Å². The van der Waals surface area contributed by atoms with E-state index in [2.05, 4.69) is 10.6 Å². The number of para-hydroxylation sites is 1. The molecular weight excluding hydrogens is 292 g/mol. The molecule has 0 atom stereocenters. The Kier molecular flexibility index (Phi) is 6.59. The summed E-state index contributed by atoms with van der Waals surface area (Å²) in [5, 5.41) is 14.7. The van der Waals surface area contributed by atoms with Crippen molar-refractivity contribution in [2.24, 2.45) is 0 Å². The summed E-state index contributed by atoms with van der Waals surface area (Å²) >= 11 is 0. The standard InChI is InChI=1S/C18H22N2O3/c1-14-6-8-16(9-7-14)20-18(22)13-23-17-5-3-2-4-15(17)12-19-10-11-21/h2-9,19,21H,10-13H2,1H3,(H,20,22). The molecule has 5 heteroatoms. The van der Waals surface area contributed by atoms with Gasteiger partial charge < -0.3 is 20.5 Å². The molecule has 0 aromatic heterocycles. The average molecular weight is 314 g/mol. The third kappa shape index (κ3) is 5.73. The number of anilines is 1. The minimum absolute atomic E-state index is 0.0507. The molecule has 0 aliphatic rings. The summed E-state index contributed by atoms with van der Waals surface area (Å²) in [5.74, 6) is 0.462. The van der Waals surface area contributed by atoms with E-state index in [-0.39, 0.29) is 19.1 Å². The molecule has 1 amide bonds. The summed E-state index contributed by atoms with van der Waals surface area (Å²) < 4.78 is 5.61. The molecule has 0 radical (unpaired) electrons. The smallest absolute Gasteiger partial charge is 0.262 e. The molecule has 3 N–H and O–H groups in total. The van der Waals surface area contributed by atoms with Crippen molar-refractivity contribution in [3.8, 4) is 5.75 Å². The number of rotatable bonds is 8. The lowest BCUT2D eigenvalue weighted by molar-refractivity contribution is -0.118. The van der Waals surface area contributed by atoms with Crippen LogP contribution in [0.4, 0.5) is 5.69 Å². The molecule has 0 bridgehead atoms. The molecule has 0 aliphatic heterocycles. The van der Waals surface area contributed by atoms with Gasteiger partial charge in [-0.2, -0.15) is 0 Å². The van der Waals surface area contributed by atoms with E-state index >= 15 is 0 Å². The zero-order valence-electron chi connectivity index (χ0n) is 13.2. The van der Waals surface area contributed by atoms with Crippen LogP contribution in [-0.2, 0) is 11.3 Å². The van der Waals surface area contributed by atoms with Gasteiger partial charge >= 0.3 is 0 Å². The highest BCUT2D eigenvalue weighted by molar-refractivity contribution is 5.91. The number of carbonyl (C=O) groups excluding carboxylic acids is 1. The van der Waals surface area contributed by atoms with Crippen molar-refractivity contribution >= 4 is 11.6 Å². The monoisotopic (exact) mass is 314 g/mol. The molecule has 0 unspecified atom stereocenters. The first-order valence-corrected chi connectivity index (χ1v) is 7.58. The van der Waals surface area contributed by atoms with Crippen molar-refractivity contribution in [2.45, 2.75) is 13.5 Å². The highest BCUT2D eigenvalue weighted by Gasteiger charge is 2.07. The van der Waals surface area contributed by atoms with Crippen LogP contribution < -0.4 is 15.4 Å². The van der Waals surface area contributed by atoms with E-state index in [1.165, 1.54) is 0 Å². The Morgan fingerprint density at radius 1 is 1.13 bits per heavy atom. The summed E-state index contributed by atoms with van der Waals surface area (Å²) in [6.45, 7) is 3.13. The lowest BCUT2D eigenvalue weighted by atomic mass is 10.2. The highest BCUT2D eigenvalue weighted by atomic mass is 16.5. The molecule has 2 aromatic carbocycles. The van der Waals surface area contributed by atoms with E-state index in [0.717, 1.165) is 16.8 Å². The molecule has 23 heavy (non-hydrogen) atoms. The van der Waals surface area contributed by atoms with Crippen molar-refractivity contribution in [1.82, 2.24) is 5.32 Å². The summed E-state index contributed by atoms with van der Waals surface area (Å²) in [7, 11) is 0. The van der Waals surface area contributed by atoms with Crippen molar-refractivity contribution in [3.63, 3.8) is 0 Å². The van der Waals surface area contributed by atoms with Crippen molar-refractivity contribution in [1.29, 1.82) is 0 Å². The number of aliphatic hydroxyl groups is 1. The van der Waals surface area contributed by atoms with Gasteiger partial charge in [-0.3, -0.25) is 4.79 Å². The minimum atomic E-state index is -0.202. The maximum absolute atomic E-state index is 12.0. The van der Waals surface area contributed by atoms with Gasteiger partial charge in [0.05, 0.1) is 6.61 Å². The second kappa shape index (κ2) is 8.92. The lowest BCUT2D eigenvalue weighted by Crippen LogP contribution is -2.21. The molecular formula is C18H22N2O3. The number of hydrogen-bond acceptors (Lipinski definition) is 4. The van der Waals surface area contributed by atoms with E-state index in [0.29, 0.717) is 18.8 Å². The van der Waals surface area contributed by atoms with Crippen LogP contribution >= 0.6 is 0 Å². The first kappa shape index (κ1) is 17.0. The quantitative estimate of drug-likeness (QED) is 0.653. The maximum atomic E-state index is 12.0. The average Bonchev–Trinajstić information content (AvgIpc) is 2.56. The molecule has 0 saturated carbocycles. The Bertz CT molecular complexity index is 626. The molecule has 0 spiro atoms. The first-order valence-electron chi connectivity index (χ1n) is 7.58. The van der Waals surface area contributed by atoms with Crippen LogP contribution in [0.15, 0.2) is 48.5 Å². The second-order valence-electron chi connectivity index (χ2n) is 5.21. The summed E-state index contributed by atoms with van der Waals surface area (Å²) in [6, 6.07) is 15.1. The number of nitrogens with one attached hydrogen (secondary N) is 2. The summed E-state index contributed by atoms with van der Waals surface area (Å²) in [4.78, 5) is 12.0. The highest BCUT2D eigenvalue weighted by Crippen LogP contribution is 2.17. The fourth-order valence-electron chi connectivity index (χ4n) is 2.07. The van der Waals surface area contributed by atoms with Gasteiger partial charge in [0.25, 0.3) is 5.91 Å². The molecule has 2 rings (SSSR count). The van der Waals surface area contributed by atoms with Crippen LogP contribution in [0, 0.1) is 6.92 Å². The SMILES string of the molecule is Cc1ccc(NC(=O)COc2ccccc2CNCCO)cc1. The van der Waals surface area contributed by atoms with Crippen LogP contribution in [0.25, 0.3) is 0 Å². The normalized spacial score (nSPS) is 10.3. The van der Waals surface area contributed by atoms with E-state index in [1.54, 1.807) is 0 Å². The molecule has 0 aliphatic carbocycles. The molecule has 0 saturated heterocycles. The number of ether oxygens (including phenoxy) is 1. The van der Waals surface area contributed by atoms with Gasteiger partial charge in [0.1, 0.15) is 5.75 Å². The van der Waals surface area contributed by atoms with Gasteiger partial charge in [0.15, 0.2) is 6.61 Å². The number of aryl methyl sites for hydroxylation is 1. The van der Waals surface area contributed by atoms with E-state index in [1.807, 2.05) is 55.5 Å². The van der Waals surface area contributed by atoms with Gasteiger partial charge in [-0.15, -0.1) is 0 Å². The number of hydrogen-bond donors (Lipinski definition) is 3. The zero-order chi connectivity index (χ0) is 16.5. The number of benzene rings is 2. The van der Waals surface area contributed by atoms with Gasteiger partial charge in [-0.05, 0) is 25.1 Å². The van der Waals surface area contributed by atoms with Crippen LogP contribution in [0.2, 0.25) is 0 Å². The number of carbonyl (C=O) groups is 1. The van der Waals surface area contributed by atoms with Crippen LogP contribution in [0.1, 0.15) is 11.1 Å². The number of amides is 1. The third-order valence-electron chi connectivity index (χ3n) is 3.27. The minimum Gasteiger partial charge on any atom is -0.483 e. The van der Waals surface area contributed by atoms with Crippen LogP contribution in [-0.4, -0.2) is 30.8 Å². The Morgan fingerprint density at radius 3 is 2.61 bits per heavy atom. The Hall–Kier alpha value is -2.37. The Morgan fingerprint density at radius 2 is 1.87 bits per heavy atom. The van der Waals surface area contributed by atoms with Crippen molar-refractivity contribution in [3.05, 3.63) is 59.7 Å². The molecule has 5 nitrogen and oxygen atoms in total. The van der Waals surface area contributed by atoms with Crippen molar-refractivity contribution < 1.29 is 14.6 Å². The predicted octanol–water partition coefficient (Wildman–Crippen LogP) is 2.09. The lowest BCUT2D eigenvalue weighted by Gasteiger charge is -2.12. The van der Waals surface area contributed by atoms with Gasteiger partial charge in [0, 0.05) is 24.3 Å². The van der Waals surface area contributed by atoms with Gasteiger partial charge in [0.2, 0.25) is 0 Å². The summed E-state index contributed by atoms with van der Waals surface area (Å²) in [6.07, 6.45) is 0. The molecule has 122 valence electrons. The van der Waals surface area contributed by atoms with Crippen LogP contribution in [0.5, 0.6) is 5.75 Å². The fraction of sp³-hybridized carbons (Fsp3) is 0.278. The summed E-state index contributed by atoms with van der Waals surface area (Å²) in [5.41, 5.74) is 2.84. The van der Waals surface area contributed by atoms with E-state index < -0.39 is 0 Å². The fourth-order valence-corrected chi connectivity index (χ4v) is 2.07. The Balaban J connectivity index is 1.87. The van der Waals surface area contributed by atoms with E-state index in [9.17, 15) is 4.79 Å². The molecule has 2 aromatic rings. The predicted molar refractivity (Wildman–Crippen MR) is 90.5 cm³/mol. The largest absolute Gasteiger partial charge is 0.483 e. The maximum Gasteiger partial charge on any atom is 0.262 e. The molecule has 0 fully saturated rings. The van der Waals surface area contributed by atoms with Gasteiger partial charge in [-0.1, -0.05) is 35.9 Å². The van der Waals surface area contributed by atoms with Crippen molar-refractivity contribution in [2.75, 3.05) is 25.1 Å². The van der Waals surface area contributed by atoms with Crippen LogP contribution in [0.3, 0.4) is 0 Å². The zero-order valence-corrected chi connectivity index (χ0v) is 13.2. The topological polar surface area (TPSA) is 70.6 Å².